The van der Waals surface area contributed by atoms with Crippen LogP contribution in [0.25, 0.3) is 0 Å². The van der Waals surface area contributed by atoms with Gasteiger partial charge in [0, 0.05) is 6.08 Å². The van der Waals surface area contributed by atoms with Gasteiger partial charge in [0.2, 0.25) is 0 Å². The predicted molar refractivity (Wildman–Crippen MR) is 35.3 cm³/mol. The Morgan fingerprint density at radius 1 is 1.90 bits per heavy atom. The first-order chi connectivity index (χ1) is 4.74. The molecule has 0 aromatic carbocycles. The normalized spacial score (nSPS) is 26.6. The number of carbonyl (C=O) groups is 1. The molecule has 0 bridgehead atoms. The maximum absolute atomic E-state index is 10.5. The molecular weight excluding hydrogens is 132 g/mol. The van der Waals surface area contributed by atoms with Crippen LogP contribution in [0.5, 0.6) is 0 Å². The minimum absolute atomic E-state index is 0.363. The van der Waals surface area contributed by atoms with Crippen LogP contribution in [0.3, 0.4) is 0 Å². The molecule has 0 aliphatic carbocycles. The Balaban J connectivity index is 2.46. The van der Waals surface area contributed by atoms with Gasteiger partial charge in [-0.05, 0) is 12.5 Å². The van der Waals surface area contributed by atoms with Gasteiger partial charge in [-0.3, -0.25) is 0 Å². The highest BCUT2D eigenvalue weighted by Gasteiger charge is 2.22. The molecular formula is C7H10O3. The molecule has 1 N–H and O–H groups in total. The molecule has 3 nitrogen and oxygen atoms in total. The Hall–Kier alpha value is -0.830. The summed E-state index contributed by atoms with van der Waals surface area (Å²) in [5.41, 5.74) is 0. The minimum atomic E-state index is -0.553. The van der Waals surface area contributed by atoms with Gasteiger partial charge in [-0.25, -0.2) is 4.79 Å². The van der Waals surface area contributed by atoms with E-state index in [0.29, 0.717) is 6.42 Å². The van der Waals surface area contributed by atoms with Crippen molar-refractivity contribution in [3.63, 3.8) is 0 Å². The van der Waals surface area contributed by atoms with Gasteiger partial charge in [-0.2, -0.15) is 0 Å². The molecule has 1 aliphatic heterocycles. The smallest absolute Gasteiger partial charge is 0.331 e. The molecule has 0 saturated heterocycles. The zero-order chi connectivity index (χ0) is 7.56. The number of hydrogen-bond acceptors (Lipinski definition) is 3. The quantitative estimate of drug-likeness (QED) is 0.562. The lowest BCUT2D eigenvalue weighted by Crippen LogP contribution is -2.24. The Kier molecular flexibility index (Phi) is 2.06. The van der Waals surface area contributed by atoms with Crippen LogP contribution in [-0.4, -0.2) is 23.3 Å². The van der Waals surface area contributed by atoms with Crippen molar-refractivity contribution in [2.75, 3.05) is 0 Å². The minimum Gasteiger partial charge on any atom is -0.452 e. The van der Waals surface area contributed by atoms with E-state index in [-0.39, 0.29) is 5.97 Å². The number of esters is 1. The summed E-state index contributed by atoms with van der Waals surface area (Å²) in [6.45, 7) is 1.84. The topological polar surface area (TPSA) is 46.5 Å². The average Bonchev–Trinajstić information content (AvgIpc) is 2.34. The van der Waals surface area contributed by atoms with Crippen LogP contribution in [0.1, 0.15) is 13.3 Å². The van der Waals surface area contributed by atoms with Gasteiger partial charge in [-0.15, -0.1) is 0 Å². The lowest BCUT2D eigenvalue weighted by Gasteiger charge is -2.13. The summed E-state index contributed by atoms with van der Waals surface area (Å²) in [6.07, 6.45) is 2.54. The Bertz CT molecular complexity index is 162. The van der Waals surface area contributed by atoms with Gasteiger partial charge >= 0.3 is 5.97 Å². The summed E-state index contributed by atoms with van der Waals surface area (Å²) in [7, 11) is 0. The molecule has 0 unspecified atom stereocenters. The third-order valence-electron chi connectivity index (χ3n) is 1.47. The van der Waals surface area contributed by atoms with E-state index in [1.54, 1.807) is 6.08 Å². The molecule has 0 fully saturated rings. The lowest BCUT2D eigenvalue weighted by atomic mass is 10.1. The fourth-order valence-electron chi connectivity index (χ4n) is 0.825. The van der Waals surface area contributed by atoms with Crippen molar-refractivity contribution in [2.24, 2.45) is 0 Å². The molecule has 56 valence electrons. The third kappa shape index (κ3) is 1.36. The molecule has 0 radical (unpaired) electrons. The fraction of sp³-hybridized carbons (Fsp3) is 0.571. The summed E-state index contributed by atoms with van der Waals surface area (Å²) in [4.78, 5) is 10.5. The first kappa shape index (κ1) is 7.28. The largest absolute Gasteiger partial charge is 0.452 e. The second-order valence-corrected chi connectivity index (χ2v) is 2.24. The molecule has 0 aromatic heterocycles. The van der Waals surface area contributed by atoms with Crippen molar-refractivity contribution in [3.05, 3.63) is 12.2 Å². The van der Waals surface area contributed by atoms with E-state index >= 15 is 0 Å². The average molecular weight is 142 g/mol. The van der Waals surface area contributed by atoms with Crippen molar-refractivity contribution in [1.29, 1.82) is 0 Å². The van der Waals surface area contributed by atoms with Gasteiger partial charge in [-0.1, -0.05) is 6.92 Å². The summed E-state index contributed by atoms with van der Waals surface area (Å²) in [5, 5.41) is 9.15. The van der Waals surface area contributed by atoms with Crippen LogP contribution in [0, 0.1) is 0 Å². The third-order valence-corrected chi connectivity index (χ3v) is 1.47. The van der Waals surface area contributed by atoms with Gasteiger partial charge < -0.3 is 9.84 Å². The molecule has 2 atom stereocenters. The summed E-state index contributed by atoms with van der Waals surface area (Å²) in [5.74, 6) is -0.363. The first-order valence-corrected chi connectivity index (χ1v) is 3.31. The zero-order valence-electron chi connectivity index (χ0n) is 5.78. The summed E-state index contributed by atoms with van der Waals surface area (Å²) in [6, 6.07) is 0. The van der Waals surface area contributed by atoms with Crippen LogP contribution in [0.15, 0.2) is 12.2 Å². The van der Waals surface area contributed by atoms with Crippen LogP contribution < -0.4 is 0 Å². The molecule has 0 saturated carbocycles. The highest BCUT2D eigenvalue weighted by Crippen LogP contribution is 2.11. The van der Waals surface area contributed by atoms with Gasteiger partial charge in [0.1, 0.15) is 6.10 Å². The maximum Gasteiger partial charge on any atom is 0.331 e. The van der Waals surface area contributed by atoms with E-state index in [9.17, 15) is 4.79 Å². The summed E-state index contributed by atoms with van der Waals surface area (Å²) >= 11 is 0. The fourth-order valence-corrected chi connectivity index (χ4v) is 0.825. The number of rotatable bonds is 2. The molecule has 3 heteroatoms. The maximum atomic E-state index is 10.5. The standard InChI is InChI=1S/C7H10O3/c1-2-5(8)6-3-4-7(9)10-6/h3-6,8H,2H2,1H3/t5-,6+/m0/s1. The van der Waals surface area contributed by atoms with E-state index in [2.05, 4.69) is 0 Å². The highest BCUT2D eigenvalue weighted by atomic mass is 16.6. The number of aliphatic hydroxyl groups is 1. The van der Waals surface area contributed by atoms with Crippen molar-refractivity contribution in [1.82, 2.24) is 0 Å². The second-order valence-electron chi connectivity index (χ2n) is 2.24. The Morgan fingerprint density at radius 3 is 3.00 bits per heavy atom. The van der Waals surface area contributed by atoms with Crippen LogP contribution in [0.4, 0.5) is 0 Å². The van der Waals surface area contributed by atoms with Crippen molar-refractivity contribution in [2.45, 2.75) is 25.6 Å². The molecule has 0 amide bonds. The number of hydrogen-bond donors (Lipinski definition) is 1. The number of ether oxygens (including phenoxy) is 1. The van der Waals surface area contributed by atoms with Crippen molar-refractivity contribution < 1.29 is 14.6 Å². The van der Waals surface area contributed by atoms with E-state index in [0.717, 1.165) is 0 Å². The summed E-state index contributed by atoms with van der Waals surface area (Å²) < 4.78 is 4.71. The molecule has 0 spiro atoms. The van der Waals surface area contributed by atoms with E-state index in [4.69, 9.17) is 9.84 Å². The molecule has 10 heavy (non-hydrogen) atoms. The second kappa shape index (κ2) is 2.84. The van der Waals surface area contributed by atoms with E-state index in [1.807, 2.05) is 6.92 Å². The van der Waals surface area contributed by atoms with Crippen LogP contribution >= 0.6 is 0 Å². The van der Waals surface area contributed by atoms with E-state index in [1.165, 1.54) is 6.08 Å². The number of cyclic esters (lactones) is 1. The molecule has 1 rings (SSSR count). The van der Waals surface area contributed by atoms with Crippen LogP contribution in [0.2, 0.25) is 0 Å². The monoisotopic (exact) mass is 142 g/mol. The molecule has 1 aliphatic rings. The number of carbonyl (C=O) groups excluding carboxylic acids is 1. The zero-order valence-corrected chi connectivity index (χ0v) is 5.78. The predicted octanol–water partition coefficient (Wildman–Crippen LogP) is 0.239. The molecule has 1 heterocycles. The Morgan fingerprint density at radius 2 is 2.60 bits per heavy atom. The Labute approximate surface area is 59.3 Å². The van der Waals surface area contributed by atoms with Crippen molar-refractivity contribution in [3.8, 4) is 0 Å². The van der Waals surface area contributed by atoms with Gasteiger partial charge in [0.05, 0.1) is 6.10 Å². The van der Waals surface area contributed by atoms with Gasteiger partial charge in [0.25, 0.3) is 0 Å². The lowest BCUT2D eigenvalue weighted by molar-refractivity contribution is -0.142. The highest BCUT2D eigenvalue weighted by molar-refractivity contribution is 5.84. The van der Waals surface area contributed by atoms with Gasteiger partial charge in [0.15, 0.2) is 0 Å². The van der Waals surface area contributed by atoms with Crippen LogP contribution in [-0.2, 0) is 9.53 Å². The SMILES string of the molecule is CC[C@H](O)[C@H]1C=CC(=O)O1. The van der Waals surface area contributed by atoms with Crippen molar-refractivity contribution >= 4 is 5.97 Å². The van der Waals surface area contributed by atoms with E-state index < -0.39 is 12.2 Å². The first-order valence-electron chi connectivity index (χ1n) is 3.31. The number of aliphatic hydroxyl groups excluding tert-OH is 1. The molecule has 0 aromatic rings.